The number of pyridine rings is 1. The van der Waals surface area contributed by atoms with E-state index in [1.807, 2.05) is 0 Å². The Morgan fingerprint density at radius 2 is 1.96 bits per heavy atom. The fraction of sp³-hybridized carbons (Fsp3) is 0.353. The summed E-state index contributed by atoms with van der Waals surface area (Å²) < 4.78 is 50.4. The Bertz CT molecular complexity index is 825. The van der Waals surface area contributed by atoms with Crippen LogP contribution in [0.2, 0.25) is 0 Å². The molecule has 0 radical (unpaired) electrons. The van der Waals surface area contributed by atoms with Crippen LogP contribution in [0.4, 0.5) is 4.39 Å². The van der Waals surface area contributed by atoms with Crippen molar-refractivity contribution in [2.45, 2.75) is 9.92 Å². The second kappa shape index (κ2) is 8.81. The lowest BCUT2D eigenvalue weighted by molar-refractivity contribution is 0.0730. The van der Waals surface area contributed by atoms with E-state index in [4.69, 9.17) is 9.47 Å². The van der Waals surface area contributed by atoms with Gasteiger partial charge < -0.3 is 9.47 Å². The summed E-state index contributed by atoms with van der Waals surface area (Å²) in [7, 11) is -3.53. The molecule has 2 aromatic rings. The molecule has 1 aliphatic heterocycles. The minimum Gasteiger partial charge on any atom is -0.490 e. The lowest BCUT2D eigenvalue weighted by Crippen LogP contribution is -2.40. The molecule has 0 N–H and O–H groups in total. The fourth-order valence-electron chi connectivity index (χ4n) is 2.40. The third-order valence-electron chi connectivity index (χ3n) is 3.74. The molecule has 9 heteroatoms. The van der Waals surface area contributed by atoms with Crippen molar-refractivity contribution in [3.05, 3.63) is 48.4 Å². The zero-order chi connectivity index (χ0) is 18.4. The predicted octanol–water partition coefficient (Wildman–Crippen LogP) is 2.41. The van der Waals surface area contributed by atoms with Crippen molar-refractivity contribution in [3.8, 4) is 5.75 Å². The highest BCUT2D eigenvalue weighted by Crippen LogP contribution is 2.21. The molecule has 1 aromatic heterocycles. The molecule has 0 amide bonds. The van der Waals surface area contributed by atoms with Crippen LogP contribution in [0.3, 0.4) is 0 Å². The predicted molar refractivity (Wildman–Crippen MR) is 96.4 cm³/mol. The Morgan fingerprint density at radius 1 is 1.19 bits per heavy atom. The van der Waals surface area contributed by atoms with E-state index in [0.29, 0.717) is 43.7 Å². The second-order valence-corrected chi connectivity index (χ2v) is 8.53. The molecule has 0 unspecified atom stereocenters. The first-order chi connectivity index (χ1) is 12.6. The molecule has 0 spiro atoms. The van der Waals surface area contributed by atoms with Crippen LogP contribution >= 0.6 is 11.8 Å². The lowest BCUT2D eigenvalue weighted by Gasteiger charge is -2.25. The van der Waals surface area contributed by atoms with Crippen LogP contribution in [0.15, 0.2) is 52.5 Å². The Morgan fingerprint density at radius 3 is 2.65 bits per heavy atom. The topological polar surface area (TPSA) is 68.7 Å². The van der Waals surface area contributed by atoms with Crippen molar-refractivity contribution in [3.63, 3.8) is 0 Å². The van der Waals surface area contributed by atoms with Crippen molar-refractivity contribution in [2.24, 2.45) is 0 Å². The van der Waals surface area contributed by atoms with Crippen LogP contribution in [0.1, 0.15) is 0 Å². The van der Waals surface area contributed by atoms with Gasteiger partial charge in [-0.3, -0.25) is 0 Å². The van der Waals surface area contributed by atoms with Crippen molar-refractivity contribution in [1.29, 1.82) is 0 Å². The van der Waals surface area contributed by atoms with Crippen LogP contribution in [0, 0.1) is 5.82 Å². The third kappa shape index (κ3) is 4.73. The Hall–Kier alpha value is -1.68. The summed E-state index contributed by atoms with van der Waals surface area (Å²) >= 11 is 1.41. The van der Waals surface area contributed by atoms with E-state index in [2.05, 4.69) is 4.98 Å². The van der Waals surface area contributed by atoms with E-state index in [0.717, 1.165) is 0 Å². The quantitative estimate of drug-likeness (QED) is 0.527. The maximum atomic E-state index is 13.4. The number of thioether (sulfide) groups is 1. The van der Waals surface area contributed by atoms with Crippen LogP contribution < -0.4 is 4.74 Å². The number of benzene rings is 1. The highest BCUT2D eigenvalue weighted by molar-refractivity contribution is 7.99. The minimum absolute atomic E-state index is 0.173. The monoisotopic (exact) mass is 398 g/mol. The number of hydrogen-bond donors (Lipinski definition) is 0. The van der Waals surface area contributed by atoms with Gasteiger partial charge in [-0.1, -0.05) is 12.1 Å². The van der Waals surface area contributed by atoms with Gasteiger partial charge in [-0.2, -0.15) is 4.31 Å². The third-order valence-corrected chi connectivity index (χ3v) is 6.53. The number of morpholine rings is 1. The number of aromatic nitrogens is 1. The number of para-hydroxylation sites is 1. The van der Waals surface area contributed by atoms with Gasteiger partial charge in [0.05, 0.1) is 24.8 Å². The van der Waals surface area contributed by atoms with Crippen LogP contribution in [-0.4, -0.2) is 56.4 Å². The van der Waals surface area contributed by atoms with Crippen molar-refractivity contribution in [1.82, 2.24) is 9.29 Å². The molecule has 1 aliphatic rings. The number of hydrogen-bond acceptors (Lipinski definition) is 6. The summed E-state index contributed by atoms with van der Waals surface area (Å²) in [6.07, 6.45) is 1.37. The van der Waals surface area contributed by atoms with Crippen LogP contribution in [0.25, 0.3) is 0 Å². The molecule has 1 saturated heterocycles. The SMILES string of the molecule is O=S(=O)(c1ccc(SCCOc2ccccc2F)nc1)N1CCOCC1. The van der Waals surface area contributed by atoms with Gasteiger partial charge in [-0.25, -0.2) is 17.8 Å². The normalized spacial score (nSPS) is 15.7. The Balaban J connectivity index is 1.52. The van der Waals surface area contributed by atoms with Crippen LogP contribution in [0.5, 0.6) is 5.75 Å². The van der Waals surface area contributed by atoms with Gasteiger partial charge in [0.25, 0.3) is 0 Å². The van der Waals surface area contributed by atoms with Gasteiger partial charge >= 0.3 is 0 Å². The molecule has 2 heterocycles. The number of ether oxygens (including phenoxy) is 2. The zero-order valence-corrected chi connectivity index (χ0v) is 15.6. The maximum absolute atomic E-state index is 13.4. The van der Waals surface area contributed by atoms with Crippen molar-refractivity contribution >= 4 is 21.8 Å². The molecule has 0 bridgehead atoms. The number of halogens is 1. The standard InChI is InChI=1S/C17H19FN2O4S2/c18-15-3-1-2-4-16(15)24-11-12-25-17-6-5-14(13-19-17)26(21,22)20-7-9-23-10-8-20/h1-6,13H,7-12H2. The van der Waals surface area contributed by atoms with E-state index in [1.54, 1.807) is 30.3 Å². The molecule has 26 heavy (non-hydrogen) atoms. The first kappa shape index (κ1) is 19.1. The number of nitrogens with zero attached hydrogens (tertiary/aromatic N) is 2. The number of rotatable bonds is 7. The molecule has 140 valence electrons. The molecule has 0 atom stereocenters. The van der Waals surface area contributed by atoms with Gasteiger partial charge in [-0.05, 0) is 24.3 Å². The van der Waals surface area contributed by atoms with Crippen LogP contribution in [-0.2, 0) is 14.8 Å². The average molecular weight is 398 g/mol. The van der Waals surface area contributed by atoms with E-state index >= 15 is 0 Å². The van der Waals surface area contributed by atoms with Crippen molar-refractivity contribution in [2.75, 3.05) is 38.7 Å². The summed E-state index contributed by atoms with van der Waals surface area (Å²) in [5, 5.41) is 0.683. The molecule has 0 saturated carbocycles. The first-order valence-corrected chi connectivity index (χ1v) is 10.5. The molecular weight excluding hydrogens is 379 g/mol. The minimum atomic E-state index is -3.53. The first-order valence-electron chi connectivity index (χ1n) is 8.11. The van der Waals surface area contributed by atoms with E-state index in [9.17, 15) is 12.8 Å². The van der Waals surface area contributed by atoms with Gasteiger partial charge in [-0.15, -0.1) is 11.8 Å². The Labute approximate surface area is 156 Å². The van der Waals surface area contributed by atoms with Gasteiger partial charge in [0.2, 0.25) is 10.0 Å². The van der Waals surface area contributed by atoms with E-state index in [1.165, 1.54) is 28.3 Å². The lowest BCUT2D eigenvalue weighted by atomic mass is 10.3. The largest absolute Gasteiger partial charge is 0.490 e. The number of sulfonamides is 1. The van der Waals surface area contributed by atoms with Gasteiger partial charge in [0.1, 0.15) is 4.90 Å². The molecule has 1 aromatic carbocycles. The summed E-state index contributed by atoms with van der Waals surface area (Å²) in [6.45, 7) is 1.84. The van der Waals surface area contributed by atoms with Gasteiger partial charge in [0, 0.05) is 25.0 Å². The molecule has 3 rings (SSSR count). The van der Waals surface area contributed by atoms with E-state index in [-0.39, 0.29) is 10.6 Å². The highest BCUT2D eigenvalue weighted by atomic mass is 32.2. The molecular formula is C17H19FN2O4S2. The summed E-state index contributed by atoms with van der Waals surface area (Å²) in [4.78, 5) is 4.37. The smallest absolute Gasteiger partial charge is 0.244 e. The summed E-state index contributed by atoms with van der Waals surface area (Å²) in [5.74, 6) is 0.387. The summed E-state index contributed by atoms with van der Waals surface area (Å²) in [6, 6.07) is 9.45. The summed E-state index contributed by atoms with van der Waals surface area (Å²) in [5.41, 5.74) is 0. The second-order valence-electron chi connectivity index (χ2n) is 5.48. The average Bonchev–Trinajstić information content (AvgIpc) is 2.67. The van der Waals surface area contributed by atoms with E-state index < -0.39 is 15.8 Å². The molecule has 6 nitrogen and oxygen atoms in total. The fourth-order valence-corrected chi connectivity index (χ4v) is 4.42. The Kier molecular flexibility index (Phi) is 6.47. The van der Waals surface area contributed by atoms with Crippen molar-refractivity contribution < 1.29 is 22.3 Å². The molecule has 0 aliphatic carbocycles. The maximum Gasteiger partial charge on any atom is 0.244 e. The zero-order valence-electron chi connectivity index (χ0n) is 14.0. The molecule has 1 fully saturated rings. The highest BCUT2D eigenvalue weighted by Gasteiger charge is 2.26. The van der Waals surface area contributed by atoms with Gasteiger partial charge in [0.15, 0.2) is 11.6 Å².